The number of hydrogen-bond acceptors (Lipinski definition) is 8. The van der Waals surface area contributed by atoms with Gasteiger partial charge in [0.25, 0.3) is 5.91 Å². The molecule has 38 heavy (non-hydrogen) atoms. The average molecular weight is 553 g/mol. The molecule has 11 heteroatoms. The highest BCUT2D eigenvalue weighted by Crippen LogP contribution is 2.34. The summed E-state index contributed by atoms with van der Waals surface area (Å²) in [6, 6.07) is 15.8. The number of imidazole rings is 1. The van der Waals surface area contributed by atoms with E-state index >= 15 is 0 Å². The van der Waals surface area contributed by atoms with E-state index in [0.717, 1.165) is 42.9 Å². The van der Waals surface area contributed by atoms with E-state index in [-0.39, 0.29) is 18.6 Å². The first-order valence-corrected chi connectivity index (χ1v) is 13.5. The smallest absolute Gasteiger partial charge is 0.257 e. The molecule has 3 N–H and O–H groups in total. The Morgan fingerprint density at radius 1 is 1.13 bits per heavy atom. The summed E-state index contributed by atoms with van der Waals surface area (Å²) in [5.74, 6) is 1.97. The predicted molar refractivity (Wildman–Crippen MR) is 151 cm³/mol. The van der Waals surface area contributed by atoms with Crippen molar-refractivity contribution in [2.45, 2.75) is 23.8 Å². The zero-order valence-corrected chi connectivity index (χ0v) is 22.7. The van der Waals surface area contributed by atoms with Gasteiger partial charge in [-0.3, -0.25) is 4.79 Å². The number of hydrogen-bond donors (Lipinski definition) is 3. The van der Waals surface area contributed by atoms with E-state index in [0.29, 0.717) is 27.8 Å². The molecule has 4 aromatic rings. The lowest BCUT2D eigenvalue weighted by molar-refractivity contribution is -0.122. The van der Waals surface area contributed by atoms with E-state index in [1.54, 1.807) is 32.3 Å². The number of piperidine rings is 1. The maximum atomic E-state index is 11.4. The Bertz CT molecular complexity index is 1390. The Morgan fingerprint density at radius 2 is 1.84 bits per heavy atom. The summed E-state index contributed by atoms with van der Waals surface area (Å²) in [6.45, 7) is 1.89. The van der Waals surface area contributed by atoms with Gasteiger partial charge in [0.1, 0.15) is 22.8 Å². The predicted octanol–water partition coefficient (Wildman–Crippen LogP) is 5.00. The van der Waals surface area contributed by atoms with Crippen LogP contribution in [0.2, 0.25) is 5.02 Å². The van der Waals surface area contributed by atoms with Crippen molar-refractivity contribution in [3.8, 4) is 22.9 Å². The number of aromatic nitrogens is 3. The third-order valence-electron chi connectivity index (χ3n) is 6.34. The minimum Gasteiger partial charge on any atom is -0.497 e. The zero-order valence-electron chi connectivity index (χ0n) is 21.2. The van der Waals surface area contributed by atoms with Crippen LogP contribution in [0.25, 0.3) is 22.6 Å². The summed E-state index contributed by atoms with van der Waals surface area (Å²) in [6.07, 6.45) is 3.62. The van der Waals surface area contributed by atoms with Gasteiger partial charge in [0.2, 0.25) is 0 Å². The molecule has 1 aliphatic heterocycles. The SMILES string of the molecule is CNC(=O)COc1ccc(-c2nc3c(NC4CCN(Sc5ccc(OC)cc5)CC4)c(Cl)cnc3[nH]2)cc1. The second-order valence-corrected chi connectivity index (χ2v) is 10.4. The highest BCUT2D eigenvalue weighted by molar-refractivity contribution is 7.97. The molecular formula is C27H29ClN6O3S. The lowest BCUT2D eigenvalue weighted by Gasteiger charge is -2.32. The lowest BCUT2D eigenvalue weighted by Crippen LogP contribution is -2.35. The van der Waals surface area contributed by atoms with Crippen molar-refractivity contribution in [1.29, 1.82) is 0 Å². The molecule has 1 saturated heterocycles. The summed E-state index contributed by atoms with van der Waals surface area (Å²) in [5.41, 5.74) is 3.05. The first-order valence-electron chi connectivity index (χ1n) is 12.3. The molecular weight excluding hydrogens is 524 g/mol. The number of aromatic amines is 1. The fraction of sp³-hybridized carbons (Fsp3) is 0.296. The third kappa shape index (κ3) is 6.15. The summed E-state index contributed by atoms with van der Waals surface area (Å²) in [4.78, 5) is 25.2. The van der Waals surface area contributed by atoms with E-state index in [1.165, 1.54) is 4.90 Å². The number of benzene rings is 2. The van der Waals surface area contributed by atoms with Crippen molar-refractivity contribution >= 4 is 46.3 Å². The summed E-state index contributed by atoms with van der Waals surface area (Å²) >= 11 is 8.35. The summed E-state index contributed by atoms with van der Waals surface area (Å²) in [7, 11) is 3.25. The Labute approximate surface area is 230 Å². The number of amides is 1. The van der Waals surface area contributed by atoms with Crippen molar-refractivity contribution in [3.05, 3.63) is 59.8 Å². The number of rotatable bonds is 9. The van der Waals surface area contributed by atoms with Crippen molar-refractivity contribution in [2.75, 3.05) is 39.2 Å². The number of halogens is 1. The number of ether oxygens (including phenoxy) is 2. The van der Waals surface area contributed by atoms with Gasteiger partial charge in [0.05, 0.1) is 24.0 Å². The molecule has 1 aliphatic rings. The molecule has 0 bridgehead atoms. The fourth-order valence-corrected chi connectivity index (χ4v) is 5.36. The number of anilines is 1. The van der Waals surface area contributed by atoms with Crippen molar-refractivity contribution < 1.29 is 14.3 Å². The standard InChI is InChI=1S/C27H29ClN6O3S/c1-29-23(35)16-37-20-5-3-17(4-6-20)26-32-25-24(22(28)15-30-27(25)33-26)31-18-11-13-34(14-12-18)38-21-9-7-19(36-2)8-10-21/h3-10,15,18H,11-14,16H2,1-2H3,(H,29,35)(H2,30,31,32,33). The van der Waals surface area contributed by atoms with Crippen LogP contribution >= 0.6 is 23.5 Å². The van der Waals surface area contributed by atoms with Gasteiger partial charge in [-0.2, -0.15) is 0 Å². The van der Waals surface area contributed by atoms with Crippen LogP contribution in [0.15, 0.2) is 59.6 Å². The van der Waals surface area contributed by atoms with Gasteiger partial charge in [-0.05, 0) is 73.3 Å². The molecule has 0 spiro atoms. The minimum atomic E-state index is -0.184. The van der Waals surface area contributed by atoms with E-state index < -0.39 is 0 Å². The van der Waals surface area contributed by atoms with Gasteiger partial charge in [-0.15, -0.1) is 0 Å². The van der Waals surface area contributed by atoms with Gasteiger partial charge in [0, 0.05) is 36.6 Å². The lowest BCUT2D eigenvalue weighted by atomic mass is 10.1. The van der Waals surface area contributed by atoms with Crippen molar-refractivity contribution in [3.63, 3.8) is 0 Å². The van der Waals surface area contributed by atoms with E-state index in [4.69, 9.17) is 26.1 Å². The quantitative estimate of drug-likeness (QED) is 0.249. The fourth-order valence-electron chi connectivity index (χ4n) is 4.22. The number of carbonyl (C=O) groups excluding carboxylic acids is 1. The van der Waals surface area contributed by atoms with Crippen LogP contribution in [-0.4, -0.2) is 65.1 Å². The van der Waals surface area contributed by atoms with Crippen LogP contribution in [0.1, 0.15) is 12.8 Å². The van der Waals surface area contributed by atoms with Gasteiger partial charge in [0.15, 0.2) is 12.3 Å². The average Bonchev–Trinajstić information content (AvgIpc) is 3.39. The van der Waals surface area contributed by atoms with Gasteiger partial charge < -0.3 is 25.1 Å². The van der Waals surface area contributed by atoms with Crippen LogP contribution in [-0.2, 0) is 4.79 Å². The topological polar surface area (TPSA) is 104 Å². The van der Waals surface area contributed by atoms with Crippen molar-refractivity contribution in [2.24, 2.45) is 0 Å². The van der Waals surface area contributed by atoms with E-state index in [2.05, 4.69) is 37.0 Å². The van der Waals surface area contributed by atoms with Crippen LogP contribution in [0.3, 0.4) is 0 Å². The highest BCUT2D eigenvalue weighted by atomic mass is 35.5. The molecule has 2 aromatic heterocycles. The Kier molecular flexibility index (Phi) is 8.21. The Morgan fingerprint density at radius 3 is 2.53 bits per heavy atom. The molecule has 198 valence electrons. The van der Waals surface area contributed by atoms with Gasteiger partial charge in [-0.25, -0.2) is 14.3 Å². The molecule has 1 fully saturated rings. The number of carbonyl (C=O) groups is 1. The Balaban J connectivity index is 1.24. The van der Waals surface area contributed by atoms with Crippen LogP contribution in [0.5, 0.6) is 11.5 Å². The second kappa shape index (κ2) is 11.9. The summed E-state index contributed by atoms with van der Waals surface area (Å²) < 4.78 is 13.1. The molecule has 0 aliphatic carbocycles. The monoisotopic (exact) mass is 552 g/mol. The molecule has 0 atom stereocenters. The molecule has 2 aromatic carbocycles. The largest absolute Gasteiger partial charge is 0.497 e. The normalized spacial score (nSPS) is 14.4. The number of methoxy groups -OCH3 is 1. The molecule has 0 radical (unpaired) electrons. The Hall–Kier alpha value is -3.47. The third-order valence-corrected chi connectivity index (χ3v) is 7.73. The number of nitrogens with zero attached hydrogens (tertiary/aromatic N) is 3. The molecule has 0 unspecified atom stereocenters. The first kappa shape index (κ1) is 26.1. The number of pyridine rings is 1. The number of H-pyrrole nitrogens is 1. The summed E-state index contributed by atoms with van der Waals surface area (Å²) in [5, 5.41) is 6.71. The first-order chi connectivity index (χ1) is 18.5. The van der Waals surface area contributed by atoms with Crippen LogP contribution in [0.4, 0.5) is 5.69 Å². The van der Waals surface area contributed by atoms with E-state index in [9.17, 15) is 4.79 Å². The molecule has 5 rings (SSSR count). The number of nitrogens with one attached hydrogen (secondary N) is 3. The molecule has 1 amide bonds. The molecule has 3 heterocycles. The van der Waals surface area contributed by atoms with E-state index in [1.807, 2.05) is 36.4 Å². The zero-order chi connectivity index (χ0) is 26.5. The second-order valence-electron chi connectivity index (χ2n) is 8.86. The molecule has 0 saturated carbocycles. The highest BCUT2D eigenvalue weighted by Gasteiger charge is 2.23. The maximum Gasteiger partial charge on any atom is 0.257 e. The van der Waals surface area contributed by atoms with Crippen LogP contribution < -0.4 is 20.1 Å². The molecule has 9 nitrogen and oxygen atoms in total. The van der Waals surface area contributed by atoms with Gasteiger partial charge >= 0.3 is 0 Å². The van der Waals surface area contributed by atoms with Gasteiger partial charge in [-0.1, -0.05) is 11.6 Å². The minimum absolute atomic E-state index is 0.0307. The van der Waals surface area contributed by atoms with Crippen molar-refractivity contribution in [1.82, 2.24) is 24.6 Å². The van der Waals surface area contributed by atoms with Crippen LogP contribution in [0, 0.1) is 0 Å². The number of fused-ring (bicyclic) bond motifs is 1. The maximum absolute atomic E-state index is 11.4. The number of likely N-dealkylation sites (N-methyl/N-ethyl adjacent to an activating group) is 1.